The quantitative estimate of drug-likeness (QED) is 0.545. The van der Waals surface area contributed by atoms with Gasteiger partial charge < -0.3 is 15.4 Å². The number of anilines is 2. The summed E-state index contributed by atoms with van der Waals surface area (Å²) >= 11 is 0. The first-order chi connectivity index (χ1) is 14.5. The van der Waals surface area contributed by atoms with Gasteiger partial charge in [-0.15, -0.1) is 0 Å². The molecule has 0 radical (unpaired) electrons. The van der Waals surface area contributed by atoms with Gasteiger partial charge in [0.2, 0.25) is 5.91 Å². The molecule has 30 heavy (non-hydrogen) atoms. The molecule has 0 heterocycles. The second kappa shape index (κ2) is 10.2. The highest BCUT2D eigenvalue weighted by Gasteiger charge is 2.11. The number of carbonyl (C=O) groups excluding carboxylic acids is 3. The van der Waals surface area contributed by atoms with Gasteiger partial charge in [0.05, 0.1) is 0 Å². The van der Waals surface area contributed by atoms with Crippen molar-refractivity contribution in [2.24, 2.45) is 0 Å². The second-order valence-corrected chi connectivity index (χ2v) is 6.64. The van der Waals surface area contributed by atoms with E-state index in [0.29, 0.717) is 11.4 Å². The highest BCUT2D eigenvalue weighted by atomic mass is 19.1. The Kier molecular flexibility index (Phi) is 7.10. The molecule has 0 atom stereocenters. The van der Waals surface area contributed by atoms with E-state index in [9.17, 15) is 18.8 Å². The van der Waals surface area contributed by atoms with Crippen LogP contribution >= 0.6 is 0 Å². The number of carbonyl (C=O) groups is 3. The second-order valence-electron chi connectivity index (χ2n) is 6.64. The van der Waals surface area contributed by atoms with Crippen molar-refractivity contribution in [3.8, 4) is 0 Å². The molecule has 7 heteroatoms. The van der Waals surface area contributed by atoms with E-state index in [1.54, 1.807) is 6.07 Å². The Labute approximate surface area is 173 Å². The third-order valence-electron chi connectivity index (χ3n) is 4.34. The van der Waals surface area contributed by atoms with Gasteiger partial charge in [0.15, 0.2) is 6.61 Å². The van der Waals surface area contributed by atoms with Crippen LogP contribution in [0.2, 0.25) is 0 Å². The molecule has 3 rings (SSSR count). The Morgan fingerprint density at radius 2 is 1.53 bits per heavy atom. The molecule has 0 fully saturated rings. The van der Waals surface area contributed by atoms with Gasteiger partial charge in [-0.25, -0.2) is 4.39 Å². The zero-order valence-corrected chi connectivity index (χ0v) is 16.2. The molecule has 2 N–H and O–H groups in total. The highest BCUT2D eigenvalue weighted by molar-refractivity contribution is 6.02. The molecule has 3 aromatic carbocycles. The Hall–Kier alpha value is -3.74. The van der Waals surface area contributed by atoms with Crippen molar-refractivity contribution in [3.05, 3.63) is 72.5 Å². The number of esters is 1. The molecule has 0 aliphatic carbocycles. The summed E-state index contributed by atoms with van der Waals surface area (Å²) in [7, 11) is 0. The van der Waals surface area contributed by atoms with Gasteiger partial charge in [-0.2, -0.15) is 0 Å². The number of hydrogen-bond acceptors (Lipinski definition) is 4. The van der Waals surface area contributed by atoms with Gasteiger partial charge in [-0.05, 0) is 42.1 Å². The molecular weight excluding hydrogens is 387 g/mol. The molecule has 154 valence electrons. The summed E-state index contributed by atoms with van der Waals surface area (Å²) in [5.74, 6) is -1.67. The van der Waals surface area contributed by atoms with Crippen molar-refractivity contribution >= 4 is 39.9 Å². The fourth-order valence-electron chi connectivity index (χ4n) is 2.89. The molecule has 0 bridgehead atoms. The molecule has 0 spiro atoms. The highest BCUT2D eigenvalue weighted by Crippen LogP contribution is 2.22. The Morgan fingerprint density at radius 3 is 2.33 bits per heavy atom. The van der Waals surface area contributed by atoms with E-state index < -0.39 is 18.5 Å². The summed E-state index contributed by atoms with van der Waals surface area (Å²) < 4.78 is 17.8. The van der Waals surface area contributed by atoms with Crippen molar-refractivity contribution < 1.29 is 23.5 Å². The minimum Gasteiger partial charge on any atom is -0.456 e. The van der Waals surface area contributed by atoms with Crippen LogP contribution in [0, 0.1) is 5.82 Å². The molecular formula is C23H21FN2O4. The maximum atomic E-state index is 12.8. The largest absolute Gasteiger partial charge is 0.456 e. The predicted molar refractivity (Wildman–Crippen MR) is 112 cm³/mol. The lowest BCUT2D eigenvalue weighted by atomic mass is 10.1. The van der Waals surface area contributed by atoms with Gasteiger partial charge in [0, 0.05) is 29.6 Å². The van der Waals surface area contributed by atoms with Crippen LogP contribution in [-0.2, 0) is 19.1 Å². The van der Waals surface area contributed by atoms with Crippen molar-refractivity contribution in [2.45, 2.75) is 19.3 Å². The number of rotatable bonds is 8. The molecule has 2 amide bonds. The standard InChI is InChI=1S/C23H21FN2O4/c24-17-11-13-18(14-12-17)25-21(27)9-4-10-23(29)30-15-22(28)26-20-8-3-6-16-5-1-2-7-19(16)20/h1-3,5-8,11-14H,4,9-10,15H2,(H,25,27)(H,26,28). The summed E-state index contributed by atoms with van der Waals surface area (Å²) in [5, 5.41) is 7.24. The van der Waals surface area contributed by atoms with Gasteiger partial charge in [-0.3, -0.25) is 14.4 Å². The van der Waals surface area contributed by atoms with Crippen molar-refractivity contribution in [1.29, 1.82) is 0 Å². The Morgan fingerprint density at radius 1 is 0.800 bits per heavy atom. The van der Waals surface area contributed by atoms with E-state index in [1.807, 2.05) is 36.4 Å². The fourth-order valence-corrected chi connectivity index (χ4v) is 2.89. The smallest absolute Gasteiger partial charge is 0.306 e. The van der Waals surface area contributed by atoms with E-state index in [4.69, 9.17) is 4.74 Å². The lowest BCUT2D eigenvalue weighted by molar-refractivity contribution is -0.147. The Bertz CT molecular complexity index is 1050. The lowest BCUT2D eigenvalue weighted by Gasteiger charge is -2.09. The zero-order chi connectivity index (χ0) is 21.3. The van der Waals surface area contributed by atoms with E-state index in [2.05, 4.69) is 10.6 Å². The minimum atomic E-state index is -0.558. The maximum absolute atomic E-state index is 12.8. The van der Waals surface area contributed by atoms with Crippen molar-refractivity contribution in [3.63, 3.8) is 0 Å². The van der Waals surface area contributed by atoms with Crippen molar-refractivity contribution in [1.82, 2.24) is 0 Å². The molecule has 3 aromatic rings. The molecule has 0 saturated heterocycles. The molecule has 0 saturated carbocycles. The van der Waals surface area contributed by atoms with Gasteiger partial charge in [0.25, 0.3) is 5.91 Å². The molecule has 0 aliphatic heterocycles. The average molecular weight is 408 g/mol. The summed E-state index contributed by atoms with van der Waals surface area (Å²) in [6, 6.07) is 18.6. The van der Waals surface area contributed by atoms with E-state index >= 15 is 0 Å². The van der Waals surface area contributed by atoms with E-state index in [0.717, 1.165) is 10.8 Å². The topological polar surface area (TPSA) is 84.5 Å². The number of ether oxygens (including phenoxy) is 1. The Balaban J connectivity index is 1.37. The van der Waals surface area contributed by atoms with Gasteiger partial charge in [0.1, 0.15) is 5.82 Å². The SMILES string of the molecule is O=C(CCCC(=O)OCC(=O)Nc1cccc2ccccc12)Nc1ccc(F)cc1. The summed E-state index contributed by atoms with van der Waals surface area (Å²) in [6.07, 6.45) is 0.393. The van der Waals surface area contributed by atoms with Crippen LogP contribution in [0.15, 0.2) is 66.7 Å². The summed E-state index contributed by atoms with van der Waals surface area (Å²) in [5.41, 5.74) is 1.13. The first-order valence-electron chi connectivity index (χ1n) is 9.50. The van der Waals surface area contributed by atoms with Crippen LogP contribution < -0.4 is 10.6 Å². The third kappa shape index (κ3) is 6.13. The number of fused-ring (bicyclic) bond motifs is 1. The summed E-state index contributed by atoms with van der Waals surface area (Å²) in [6.45, 7) is -0.399. The van der Waals surface area contributed by atoms with Crippen LogP contribution in [0.4, 0.5) is 15.8 Å². The zero-order valence-electron chi connectivity index (χ0n) is 16.2. The predicted octanol–water partition coefficient (Wildman–Crippen LogP) is 4.27. The molecule has 0 unspecified atom stereocenters. The minimum absolute atomic E-state index is 0.0123. The summed E-state index contributed by atoms with van der Waals surface area (Å²) in [4.78, 5) is 35.7. The number of amides is 2. The first-order valence-corrected chi connectivity index (χ1v) is 9.50. The van der Waals surface area contributed by atoms with Crippen LogP contribution in [0.3, 0.4) is 0 Å². The third-order valence-corrected chi connectivity index (χ3v) is 4.34. The monoisotopic (exact) mass is 408 g/mol. The lowest BCUT2D eigenvalue weighted by Crippen LogP contribution is -2.21. The van der Waals surface area contributed by atoms with Crippen LogP contribution in [-0.4, -0.2) is 24.4 Å². The fraction of sp³-hybridized carbons (Fsp3) is 0.174. The van der Waals surface area contributed by atoms with Gasteiger partial charge >= 0.3 is 5.97 Å². The molecule has 6 nitrogen and oxygen atoms in total. The number of nitrogens with one attached hydrogen (secondary N) is 2. The maximum Gasteiger partial charge on any atom is 0.306 e. The van der Waals surface area contributed by atoms with Crippen molar-refractivity contribution in [2.75, 3.05) is 17.2 Å². The number of hydrogen-bond donors (Lipinski definition) is 2. The number of benzene rings is 3. The first kappa shape index (κ1) is 21.0. The van der Waals surface area contributed by atoms with E-state index in [-0.39, 0.29) is 31.0 Å². The van der Waals surface area contributed by atoms with Crippen LogP contribution in [0.25, 0.3) is 10.8 Å². The van der Waals surface area contributed by atoms with E-state index in [1.165, 1.54) is 24.3 Å². The molecule has 0 aromatic heterocycles. The number of halogens is 1. The normalized spacial score (nSPS) is 10.4. The average Bonchev–Trinajstić information content (AvgIpc) is 2.74. The molecule has 0 aliphatic rings. The van der Waals surface area contributed by atoms with Crippen LogP contribution in [0.5, 0.6) is 0 Å². The van der Waals surface area contributed by atoms with Gasteiger partial charge in [-0.1, -0.05) is 36.4 Å². The van der Waals surface area contributed by atoms with Crippen LogP contribution in [0.1, 0.15) is 19.3 Å².